The van der Waals surface area contributed by atoms with Crippen LogP contribution in [0.4, 0.5) is 5.69 Å². The molecule has 0 radical (unpaired) electrons. The van der Waals surface area contributed by atoms with E-state index in [1.807, 2.05) is 6.92 Å². The molecule has 2 aromatic carbocycles. The van der Waals surface area contributed by atoms with Crippen molar-refractivity contribution in [1.82, 2.24) is 4.98 Å². The van der Waals surface area contributed by atoms with Gasteiger partial charge in [-0.1, -0.05) is 18.2 Å². The number of hydrogen-bond donors (Lipinski definition) is 3. The van der Waals surface area contributed by atoms with Gasteiger partial charge in [0.2, 0.25) is 5.91 Å². The summed E-state index contributed by atoms with van der Waals surface area (Å²) in [6, 6.07) is 15.6. The van der Waals surface area contributed by atoms with Gasteiger partial charge in [0.1, 0.15) is 11.9 Å². The maximum atomic E-state index is 12.6. The molecule has 2 amide bonds. The van der Waals surface area contributed by atoms with E-state index in [1.165, 1.54) is 24.3 Å². The van der Waals surface area contributed by atoms with Crippen molar-refractivity contribution < 1.29 is 23.1 Å². The third kappa shape index (κ3) is 5.33. The van der Waals surface area contributed by atoms with Gasteiger partial charge in [-0.2, -0.15) is 0 Å². The van der Waals surface area contributed by atoms with Crippen molar-refractivity contribution in [2.45, 2.75) is 17.9 Å². The zero-order valence-corrected chi connectivity index (χ0v) is 17.5. The molecule has 0 saturated heterocycles. The average molecular weight is 439 g/mol. The summed E-state index contributed by atoms with van der Waals surface area (Å²) in [4.78, 5) is 27.6. The van der Waals surface area contributed by atoms with Crippen LogP contribution in [0.25, 0.3) is 0 Å². The molecule has 0 aliphatic rings. The molecule has 3 aromatic rings. The first-order chi connectivity index (χ1) is 14.7. The quantitative estimate of drug-likeness (QED) is 0.514. The Balaban J connectivity index is 1.79. The highest BCUT2D eigenvalue weighted by Crippen LogP contribution is 2.25. The first-order valence-electron chi connectivity index (χ1n) is 9.29. The van der Waals surface area contributed by atoms with E-state index in [9.17, 15) is 23.1 Å². The Labute approximate surface area is 179 Å². The number of aliphatic hydroxyl groups excluding tert-OH is 1. The van der Waals surface area contributed by atoms with E-state index >= 15 is 0 Å². The number of benzene rings is 2. The van der Waals surface area contributed by atoms with Crippen LogP contribution in [0.15, 0.2) is 71.8 Å². The number of rotatable bonds is 7. The average Bonchev–Trinajstić information content (AvgIpc) is 2.74. The number of aryl methyl sites for hydroxylation is 1. The molecule has 1 unspecified atom stereocenters. The Kier molecular flexibility index (Phi) is 6.47. The Morgan fingerprint density at radius 3 is 2.42 bits per heavy atom. The number of aliphatic hydroxyl groups is 1. The third-order valence-electron chi connectivity index (χ3n) is 4.60. The maximum Gasteiger partial charge on any atom is 0.255 e. The van der Waals surface area contributed by atoms with Crippen molar-refractivity contribution in [3.8, 4) is 0 Å². The number of anilines is 1. The molecular formula is C22H21N3O5S. The normalized spacial score (nSPS) is 12.2. The van der Waals surface area contributed by atoms with Crippen LogP contribution in [0.5, 0.6) is 0 Å². The lowest BCUT2D eigenvalue weighted by Gasteiger charge is -2.14. The largest absolute Gasteiger partial charge is 0.382 e. The highest BCUT2D eigenvalue weighted by molar-refractivity contribution is 7.92. The number of amides is 2. The molecular weight excluding hydrogens is 418 g/mol. The minimum absolute atomic E-state index is 0.0977. The maximum absolute atomic E-state index is 12.6. The van der Waals surface area contributed by atoms with Crippen LogP contribution in [0.3, 0.4) is 0 Å². The van der Waals surface area contributed by atoms with Crippen molar-refractivity contribution in [2.24, 2.45) is 5.73 Å². The van der Waals surface area contributed by atoms with Crippen LogP contribution in [0.2, 0.25) is 0 Å². The molecule has 1 heterocycles. The summed E-state index contributed by atoms with van der Waals surface area (Å²) in [7, 11) is -3.85. The van der Waals surface area contributed by atoms with Crippen LogP contribution in [-0.2, 0) is 14.6 Å². The molecule has 31 heavy (non-hydrogen) atoms. The Hall–Kier alpha value is -3.56. The Morgan fingerprint density at radius 2 is 1.81 bits per heavy atom. The van der Waals surface area contributed by atoms with Crippen LogP contribution in [0.1, 0.15) is 33.3 Å². The molecule has 0 fully saturated rings. The van der Waals surface area contributed by atoms with Gasteiger partial charge in [0.05, 0.1) is 10.6 Å². The van der Waals surface area contributed by atoms with Crippen molar-refractivity contribution in [3.05, 3.63) is 89.2 Å². The van der Waals surface area contributed by atoms with Gasteiger partial charge < -0.3 is 16.2 Å². The number of nitrogens with two attached hydrogens (primary N) is 1. The van der Waals surface area contributed by atoms with E-state index in [1.54, 1.807) is 42.6 Å². The van der Waals surface area contributed by atoms with Gasteiger partial charge in [-0.05, 0) is 60.5 Å². The highest BCUT2D eigenvalue weighted by Gasteiger charge is 2.19. The van der Waals surface area contributed by atoms with Crippen LogP contribution < -0.4 is 11.1 Å². The number of nitrogens with zero attached hydrogens (tertiary/aromatic N) is 1. The second-order valence-corrected chi connectivity index (χ2v) is 8.92. The number of sulfone groups is 1. The van der Waals surface area contributed by atoms with E-state index in [2.05, 4.69) is 10.3 Å². The smallest absolute Gasteiger partial charge is 0.255 e. The van der Waals surface area contributed by atoms with Crippen molar-refractivity contribution in [1.29, 1.82) is 0 Å². The standard InChI is InChI=1S/C22H21N3O5S/c1-14-5-6-16(21(27)18-4-2-3-11-24-18)12-19(14)25-22(28)15-7-9-17(10-8-15)31(29,30)13-20(23)26/h2-12,21,27H,13H2,1H3,(H2,23,26)(H,25,28). The Bertz CT molecular complexity index is 1210. The van der Waals surface area contributed by atoms with Crippen molar-refractivity contribution in [3.63, 3.8) is 0 Å². The summed E-state index contributed by atoms with van der Waals surface area (Å²) >= 11 is 0. The molecule has 9 heteroatoms. The lowest BCUT2D eigenvalue weighted by atomic mass is 10.0. The summed E-state index contributed by atoms with van der Waals surface area (Å²) in [6.07, 6.45) is 0.634. The summed E-state index contributed by atoms with van der Waals surface area (Å²) in [5.74, 6) is -2.21. The van der Waals surface area contributed by atoms with Crippen molar-refractivity contribution >= 4 is 27.3 Å². The molecule has 8 nitrogen and oxygen atoms in total. The summed E-state index contributed by atoms with van der Waals surface area (Å²) in [5.41, 5.74) is 7.52. The molecule has 4 N–H and O–H groups in total. The van der Waals surface area contributed by atoms with Crippen LogP contribution >= 0.6 is 0 Å². The number of primary amides is 1. The number of carbonyl (C=O) groups excluding carboxylic acids is 2. The fourth-order valence-electron chi connectivity index (χ4n) is 2.93. The van der Waals surface area contributed by atoms with Gasteiger partial charge in [-0.15, -0.1) is 0 Å². The first kappa shape index (κ1) is 22.1. The van der Waals surface area contributed by atoms with Crippen molar-refractivity contribution in [2.75, 3.05) is 11.1 Å². The molecule has 0 saturated carbocycles. The van der Waals surface area contributed by atoms with Gasteiger partial charge >= 0.3 is 0 Å². The highest BCUT2D eigenvalue weighted by atomic mass is 32.2. The van der Waals surface area contributed by atoms with Crippen LogP contribution in [-0.4, -0.2) is 36.1 Å². The molecule has 1 aromatic heterocycles. The topological polar surface area (TPSA) is 139 Å². The second kappa shape index (κ2) is 9.07. The number of nitrogens with one attached hydrogen (secondary N) is 1. The van der Waals surface area contributed by atoms with Gasteiger partial charge in [0, 0.05) is 17.4 Å². The lowest BCUT2D eigenvalue weighted by molar-refractivity contribution is -0.115. The van der Waals surface area contributed by atoms with Crippen LogP contribution in [0, 0.1) is 6.92 Å². The monoisotopic (exact) mass is 439 g/mol. The minimum Gasteiger partial charge on any atom is -0.382 e. The third-order valence-corrected chi connectivity index (χ3v) is 6.26. The predicted molar refractivity (Wildman–Crippen MR) is 115 cm³/mol. The fourth-order valence-corrected chi connectivity index (χ4v) is 4.02. The van der Waals surface area contributed by atoms with E-state index in [0.717, 1.165) is 5.56 Å². The number of pyridine rings is 1. The molecule has 0 spiro atoms. The zero-order chi connectivity index (χ0) is 22.6. The SMILES string of the molecule is Cc1ccc(C(O)c2ccccn2)cc1NC(=O)c1ccc(S(=O)(=O)CC(N)=O)cc1. The summed E-state index contributed by atoms with van der Waals surface area (Å²) < 4.78 is 24.1. The molecule has 3 rings (SSSR count). The van der Waals surface area contributed by atoms with Gasteiger partial charge in [-0.25, -0.2) is 8.42 Å². The fraction of sp³-hybridized carbons (Fsp3) is 0.136. The second-order valence-electron chi connectivity index (χ2n) is 6.94. The Morgan fingerprint density at radius 1 is 1.10 bits per heavy atom. The molecule has 160 valence electrons. The minimum atomic E-state index is -3.85. The van der Waals surface area contributed by atoms with Gasteiger partial charge in [0.15, 0.2) is 9.84 Å². The molecule has 0 aliphatic heterocycles. The summed E-state index contributed by atoms with van der Waals surface area (Å²) in [5, 5.41) is 13.3. The predicted octanol–water partition coefficient (Wildman–Crippen LogP) is 1.98. The van der Waals surface area contributed by atoms with E-state index < -0.39 is 33.5 Å². The van der Waals surface area contributed by atoms with Gasteiger partial charge in [-0.3, -0.25) is 14.6 Å². The van der Waals surface area contributed by atoms with E-state index in [-0.39, 0.29) is 10.5 Å². The van der Waals surface area contributed by atoms with E-state index in [4.69, 9.17) is 5.73 Å². The first-order valence-corrected chi connectivity index (χ1v) is 10.9. The summed E-state index contributed by atoms with van der Waals surface area (Å²) in [6.45, 7) is 1.81. The number of hydrogen-bond acceptors (Lipinski definition) is 6. The number of aromatic nitrogens is 1. The number of carbonyl (C=O) groups is 2. The lowest BCUT2D eigenvalue weighted by Crippen LogP contribution is -2.23. The van der Waals surface area contributed by atoms with E-state index in [0.29, 0.717) is 16.9 Å². The zero-order valence-electron chi connectivity index (χ0n) is 16.6. The molecule has 0 aliphatic carbocycles. The van der Waals surface area contributed by atoms with Gasteiger partial charge in [0.25, 0.3) is 5.91 Å². The molecule has 0 bridgehead atoms. The molecule has 1 atom stereocenters.